The second kappa shape index (κ2) is 12.6. The molecule has 4 aliphatic rings. The van der Waals surface area contributed by atoms with Crippen LogP contribution >= 0.6 is 0 Å². The van der Waals surface area contributed by atoms with Gasteiger partial charge in [0.05, 0.1) is 11.4 Å². The molecule has 0 bridgehead atoms. The van der Waals surface area contributed by atoms with Gasteiger partial charge in [-0.15, -0.1) is 0 Å². The quantitative estimate of drug-likeness (QED) is 0.127. The summed E-state index contributed by atoms with van der Waals surface area (Å²) >= 11 is 0. The Kier molecular flexibility index (Phi) is 6.86. The molecule has 0 spiro atoms. The Morgan fingerprint density at radius 3 is 0.984 bits per heavy atom. The molecule has 0 atom stereocenters. The van der Waals surface area contributed by atoms with E-state index in [1.54, 1.807) is 0 Å². The van der Waals surface area contributed by atoms with Crippen LogP contribution in [0.25, 0.3) is 64.6 Å². The summed E-state index contributed by atoms with van der Waals surface area (Å²) in [6.45, 7) is 0.102. The molecule has 2 aliphatic carbocycles. The highest BCUT2D eigenvalue weighted by atomic mass is 15.2. The predicted octanol–water partition coefficient (Wildman–Crippen LogP) is 13.7. The summed E-state index contributed by atoms with van der Waals surface area (Å²) in [5.74, 6) is 0. The number of anilines is 6. The van der Waals surface area contributed by atoms with Crippen molar-refractivity contribution >= 4 is 122 Å². The molecule has 0 saturated carbocycles. The normalized spacial score (nSPS) is 14.8. The summed E-state index contributed by atoms with van der Waals surface area (Å²) in [4.78, 5) is 5.35. The van der Waals surface area contributed by atoms with Gasteiger partial charge in [0, 0.05) is 33.5 Å². The van der Waals surface area contributed by atoms with Gasteiger partial charge in [-0.1, -0.05) is 140 Å². The van der Waals surface area contributed by atoms with Gasteiger partial charge in [0.25, 0.3) is 6.71 Å². The highest BCUT2D eigenvalue weighted by molar-refractivity contribution is 7.00. The maximum absolute atomic E-state index is 2.68. The molecule has 0 amide bonds. The van der Waals surface area contributed by atoms with Crippen molar-refractivity contribution < 1.29 is 0 Å². The first kappa shape index (κ1) is 34.3. The number of nitrogens with zero attached hydrogens (tertiary/aromatic N) is 2. The first-order valence-electron chi connectivity index (χ1n) is 23.0. The molecular weight excluding hydrogens is 759 g/mol. The van der Waals surface area contributed by atoms with Gasteiger partial charge in [0.15, 0.2) is 0 Å². The number of hydrogen-bond acceptors (Lipinski definition) is 2. The van der Waals surface area contributed by atoms with E-state index >= 15 is 0 Å². The molecule has 0 radical (unpaired) electrons. The van der Waals surface area contributed by atoms with E-state index < -0.39 is 0 Å². The minimum Gasteiger partial charge on any atom is -0.311 e. The maximum Gasteiger partial charge on any atom is 0.252 e. The molecule has 11 aromatic rings. The van der Waals surface area contributed by atoms with Gasteiger partial charge in [0.1, 0.15) is 0 Å². The summed E-state index contributed by atoms with van der Waals surface area (Å²) in [6, 6.07) is 67.8. The zero-order valence-corrected chi connectivity index (χ0v) is 35.0. The van der Waals surface area contributed by atoms with E-state index in [1.807, 2.05) is 0 Å². The van der Waals surface area contributed by atoms with Crippen molar-refractivity contribution in [2.45, 2.75) is 38.5 Å². The molecule has 15 rings (SSSR count). The molecule has 0 N–H and O–H groups in total. The summed E-state index contributed by atoms with van der Waals surface area (Å²) in [6.07, 6.45) is 7.00. The molecule has 0 aromatic heterocycles. The molecular formula is C60H41BN2. The highest BCUT2D eigenvalue weighted by Crippen LogP contribution is 2.51. The van der Waals surface area contributed by atoms with Crippen LogP contribution in [0.15, 0.2) is 176 Å². The lowest BCUT2D eigenvalue weighted by molar-refractivity contribution is 0.912. The Hall–Kier alpha value is -7.36. The third kappa shape index (κ3) is 4.54. The fourth-order valence-electron chi connectivity index (χ4n) is 12.8. The molecule has 2 aliphatic heterocycles. The lowest BCUT2D eigenvalue weighted by Gasteiger charge is -2.45. The standard InChI is InChI=1S/C60H41BN2/c1-3-20-44-40(18-1)42-22-5-7-24-46(42)58-48(44)26-11-28-52(58)62-54-30-13-31-55-60(54)61(50-32-36-14-9-16-38(36)34-56(50)62)51-33-37-15-10-17-39(37)35-57(51)63(55)53-29-12-27-49-45-21-4-2-19-41(45)43-23-6-8-25-47(43)59(49)53/h1-8,11-13,18-35H,9-10,14-17H2. The average Bonchev–Trinajstić information content (AvgIpc) is 4.02. The molecule has 0 fully saturated rings. The van der Waals surface area contributed by atoms with E-state index in [1.165, 1.54) is 150 Å². The summed E-state index contributed by atoms with van der Waals surface area (Å²) in [5, 5.41) is 15.6. The van der Waals surface area contributed by atoms with Crippen molar-refractivity contribution in [3.63, 3.8) is 0 Å². The fraction of sp³-hybridized carbons (Fsp3) is 0.100. The highest BCUT2D eigenvalue weighted by Gasteiger charge is 2.45. The second-order valence-corrected chi connectivity index (χ2v) is 18.5. The third-order valence-electron chi connectivity index (χ3n) is 15.4. The first-order chi connectivity index (χ1) is 31.3. The summed E-state index contributed by atoms with van der Waals surface area (Å²) in [5.41, 5.74) is 18.1. The van der Waals surface area contributed by atoms with Gasteiger partial charge < -0.3 is 9.80 Å². The van der Waals surface area contributed by atoms with Crippen LogP contribution in [0.1, 0.15) is 35.1 Å². The van der Waals surface area contributed by atoms with Gasteiger partial charge in [-0.25, -0.2) is 0 Å². The fourth-order valence-corrected chi connectivity index (χ4v) is 12.8. The van der Waals surface area contributed by atoms with Crippen LogP contribution in [-0.2, 0) is 25.7 Å². The van der Waals surface area contributed by atoms with E-state index in [9.17, 15) is 0 Å². The van der Waals surface area contributed by atoms with Gasteiger partial charge in [-0.3, -0.25) is 0 Å². The van der Waals surface area contributed by atoms with Crippen molar-refractivity contribution in [3.8, 4) is 0 Å². The van der Waals surface area contributed by atoms with Crippen LogP contribution in [0, 0.1) is 0 Å². The van der Waals surface area contributed by atoms with Crippen molar-refractivity contribution in [1.29, 1.82) is 0 Å². The lowest BCUT2D eigenvalue weighted by Crippen LogP contribution is -2.61. The number of hydrogen-bond donors (Lipinski definition) is 0. The minimum atomic E-state index is 0.102. The molecule has 294 valence electrons. The van der Waals surface area contributed by atoms with E-state index in [2.05, 4.69) is 186 Å². The monoisotopic (exact) mass is 800 g/mol. The van der Waals surface area contributed by atoms with Crippen LogP contribution in [0.5, 0.6) is 0 Å². The van der Waals surface area contributed by atoms with Crippen molar-refractivity contribution in [1.82, 2.24) is 0 Å². The van der Waals surface area contributed by atoms with Crippen LogP contribution < -0.4 is 26.2 Å². The first-order valence-corrected chi connectivity index (χ1v) is 23.0. The van der Waals surface area contributed by atoms with Crippen molar-refractivity contribution in [3.05, 3.63) is 198 Å². The summed E-state index contributed by atoms with van der Waals surface area (Å²) < 4.78 is 0. The third-order valence-corrected chi connectivity index (χ3v) is 15.4. The molecule has 63 heavy (non-hydrogen) atoms. The molecule has 2 nitrogen and oxygen atoms in total. The number of fused-ring (bicyclic) bond motifs is 18. The summed E-state index contributed by atoms with van der Waals surface area (Å²) in [7, 11) is 0. The Labute approximate surface area is 366 Å². The largest absolute Gasteiger partial charge is 0.311 e. The molecule has 11 aromatic carbocycles. The van der Waals surface area contributed by atoms with Crippen molar-refractivity contribution in [2.75, 3.05) is 9.80 Å². The molecule has 2 heterocycles. The zero-order valence-electron chi connectivity index (χ0n) is 35.0. The zero-order chi connectivity index (χ0) is 40.9. The van der Waals surface area contributed by atoms with Crippen LogP contribution in [0.4, 0.5) is 34.1 Å². The molecule has 0 unspecified atom stereocenters. The average molecular weight is 801 g/mol. The molecule has 0 saturated heterocycles. The van der Waals surface area contributed by atoms with Gasteiger partial charge in [-0.05, 0) is 167 Å². The predicted molar refractivity (Wildman–Crippen MR) is 270 cm³/mol. The lowest BCUT2D eigenvalue weighted by atomic mass is 9.33. The van der Waals surface area contributed by atoms with Gasteiger partial charge in [-0.2, -0.15) is 0 Å². The van der Waals surface area contributed by atoms with Gasteiger partial charge in [0.2, 0.25) is 0 Å². The Morgan fingerprint density at radius 2 is 0.587 bits per heavy atom. The number of benzene rings is 11. The van der Waals surface area contributed by atoms with Crippen LogP contribution in [0.3, 0.4) is 0 Å². The minimum absolute atomic E-state index is 0.102. The van der Waals surface area contributed by atoms with E-state index in [-0.39, 0.29) is 6.71 Å². The maximum atomic E-state index is 2.68. The number of aryl methyl sites for hydroxylation is 4. The van der Waals surface area contributed by atoms with Crippen LogP contribution in [0.2, 0.25) is 0 Å². The second-order valence-electron chi connectivity index (χ2n) is 18.5. The van der Waals surface area contributed by atoms with E-state index in [4.69, 9.17) is 0 Å². The number of rotatable bonds is 2. The van der Waals surface area contributed by atoms with Crippen LogP contribution in [-0.4, -0.2) is 6.71 Å². The van der Waals surface area contributed by atoms with Crippen molar-refractivity contribution in [2.24, 2.45) is 0 Å². The molecule has 3 heteroatoms. The van der Waals surface area contributed by atoms with E-state index in [0.717, 1.165) is 25.7 Å². The van der Waals surface area contributed by atoms with Gasteiger partial charge >= 0.3 is 0 Å². The Balaban J connectivity index is 1.09. The topological polar surface area (TPSA) is 6.48 Å². The Morgan fingerprint density at radius 1 is 0.286 bits per heavy atom. The smallest absolute Gasteiger partial charge is 0.252 e. The van der Waals surface area contributed by atoms with E-state index in [0.29, 0.717) is 0 Å². The Bertz CT molecular complexity index is 3510. The SMILES string of the molecule is c1cc2c3c(c1)N(c1cccc4c5ccccc5c5ccccc5c14)c1cc4c(cc1B3c1cc3c(cc1N2c1cccc2c5ccccc5c5ccccc5c12)CCC3)CCC4.